The van der Waals surface area contributed by atoms with Crippen LogP contribution in [-0.2, 0) is 11.3 Å². The van der Waals surface area contributed by atoms with Gasteiger partial charge in [0.05, 0.1) is 19.3 Å². The molecule has 1 heterocycles. The van der Waals surface area contributed by atoms with Crippen LogP contribution in [0.4, 0.5) is 5.69 Å². The van der Waals surface area contributed by atoms with Crippen molar-refractivity contribution < 1.29 is 14.3 Å². The Morgan fingerprint density at radius 2 is 1.83 bits per heavy atom. The maximum Gasteiger partial charge on any atom is 0.253 e. The van der Waals surface area contributed by atoms with E-state index in [9.17, 15) is 4.79 Å². The Morgan fingerprint density at radius 1 is 1.10 bits per heavy atom. The third-order valence-corrected chi connectivity index (χ3v) is 5.49. The quantitative estimate of drug-likeness (QED) is 0.624. The van der Waals surface area contributed by atoms with Crippen LogP contribution >= 0.6 is 11.6 Å². The molecular weight excluding hydrogens is 400 g/mol. The normalized spacial score (nSPS) is 14.3. The van der Waals surface area contributed by atoms with Crippen LogP contribution in [0.5, 0.6) is 5.75 Å². The SMILES string of the molecule is CCOc1ccc(C(=O)N2CCN(c3cc(Cl)ccc3C)CC2)cc1COC(C)C. The molecule has 1 amide bonds. The molecule has 5 nitrogen and oxygen atoms in total. The number of aryl methyl sites for hydroxylation is 1. The molecule has 0 bridgehead atoms. The van der Waals surface area contributed by atoms with Crippen LogP contribution in [0.3, 0.4) is 0 Å². The molecule has 6 heteroatoms. The number of rotatable bonds is 7. The van der Waals surface area contributed by atoms with Crippen LogP contribution in [0.15, 0.2) is 36.4 Å². The molecule has 0 saturated carbocycles. The number of anilines is 1. The van der Waals surface area contributed by atoms with Gasteiger partial charge in [0.15, 0.2) is 0 Å². The van der Waals surface area contributed by atoms with E-state index >= 15 is 0 Å². The van der Waals surface area contributed by atoms with Crippen LogP contribution in [0.25, 0.3) is 0 Å². The molecule has 1 aliphatic heterocycles. The molecule has 2 aromatic rings. The molecular formula is C24H31ClN2O3. The standard InChI is InChI=1S/C24H31ClN2O3/c1-5-29-23-9-7-19(14-20(23)16-30-17(2)3)24(28)27-12-10-26(11-13-27)22-15-21(25)8-6-18(22)4/h6-9,14-15,17H,5,10-13,16H2,1-4H3. The van der Waals surface area contributed by atoms with Gasteiger partial charge in [0.1, 0.15) is 5.75 Å². The summed E-state index contributed by atoms with van der Waals surface area (Å²) in [4.78, 5) is 17.3. The van der Waals surface area contributed by atoms with Crippen molar-refractivity contribution in [2.24, 2.45) is 0 Å². The van der Waals surface area contributed by atoms with Gasteiger partial charge in [-0.15, -0.1) is 0 Å². The molecule has 0 spiro atoms. The Bertz CT molecular complexity index is 877. The van der Waals surface area contributed by atoms with E-state index in [1.54, 1.807) is 0 Å². The van der Waals surface area contributed by atoms with Crippen LogP contribution < -0.4 is 9.64 Å². The van der Waals surface area contributed by atoms with Crippen molar-refractivity contribution in [2.75, 3.05) is 37.7 Å². The van der Waals surface area contributed by atoms with Gasteiger partial charge in [-0.3, -0.25) is 4.79 Å². The molecule has 30 heavy (non-hydrogen) atoms. The summed E-state index contributed by atoms with van der Waals surface area (Å²) in [7, 11) is 0. The molecule has 3 rings (SSSR count). The molecule has 1 aliphatic rings. The number of carbonyl (C=O) groups is 1. The van der Waals surface area contributed by atoms with Crippen molar-refractivity contribution in [1.29, 1.82) is 0 Å². The second-order valence-electron chi connectivity index (χ2n) is 7.83. The van der Waals surface area contributed by atoms with Gasteiger partial charge in [-0.2, -0.15) is 0 Å². The summed E-state index contributed by atoms with van der Waals surface area (Å²) in [5, 5.41) is 0.736. The molecule has 162 valence electrons. The number of carbonyl (C=O) groups excluding carboxylic acids is 1. The second kappa shape index (κ2) is 10.2. The predicted octanol–water partition coefficient (Wildman–Crippen LogP) is 4.93. The third-order valence-electron chi connectivity index (χ3n) is 5.26. The Morgan fingerprint density at radius 3 is 2.50 bits per heavy atom. The average molecular weight is 431 g/mol. The molecule has 0 unspecified atom stereocenters. The van der Waals surface area contributed by atoms with E-state index in [0.717, 1.165) is 35.1 Å². The fraction of sp³-hybridized carbons (Fsp3) is 0.458. The largest absolute Gasteiger partial charge is 0.494 e. The lowest BCUT2D eigenvalue weighted by Gasteiger charge is -2.37. The lowest BCUT2D eigenvalue weighted by atomic mass is 10.1. The number of halogens is 1. The van der Waals surface area contributed by atoms with Gasteiger partial charge in [-0.1, -0.05) is 17.7 Å². The van der Waals surface area contributed by atoms with E-state index in [0.29, 0.717) is 31.9 Å². The second-order valence-corrected chi connectivity index (χ2v) is 8.26. The van der Waals surface area contributed by atoms with Gasteiger partial charge >= 0.3 is 0 Å². The van der Waals surface area contributed by atoms with Crippen molar-refractivity contribution >= 4 is 23.2 Å². The fourth-order valence-corrected chi connectivity index (χ4v) is 3.80. The lowest BCUT2D eigenvalue weighted by molar-refractivity contribution is 0.0639. The van der Waals surface area contributed by atoms with Crippen LogP contribution in [0.2, 0.25) is 5.02 Å². The third kappa shape index (κ3) is 5.46. The maximum absolute atomic E-state index is 13.1. The molecule has 0 aliphatic carbocycles. The number of hydrogen-bond acceptors (Lipinski definition) is 4. The fourth-order valence-electron chi connectivity index (χ4n) is 3.63. The smallest absolute Gasteiger partial charge is 0.253 e. The highest BCUT2D eigenvalue weighted by Crippen LogP contribution is 2.26. The predicted molar refractivity (Wildman–Crippen MR) is 122 cm³/mol. The summed E-state index contributed by atoms with van der Waals surface area (Å²) in [6.07, 6.45) is 0.113. The summed E-state index contributed by atoms with van der Waals surface area (Å²) in [6.45, 7) is 12.0. The lowest BCUT2D eigenvalue weighted by Crippen LogP contribution is -2.49. The number of hydrogen-bond donors (Lipinski definition) is 0. The van der Waals surface area contributed by atoms with Gasteiger partial charge in [0.2, 0.25) is 0 Å². The molecule has 2 aromatic carbocycles. The zero-order chi connectivity index (χ0) is 21.7. The number of amides is 1. The first-order chi connectivity index (χ1) is 14.4. The number of piperazine rings is 1. The molecule has 1 fully saturated rings. The maximum atomic E-state index is 13.1. The van der Waals surface area contributed by atoms with Gasteiger partial charge in [0.25, 0.3) is 5.91 Å². The monoisotopic (exact) mass is 430 g/mol. The Balaban J connectivity index is 1.69. The van der Waals surface area contributed by atoms with Crippen molar-refractivity contribution in [3.63, 3.8) is 0 Å². The van der Waals surface area contributed by atoms with Gasteiger partial charge < -0.3 is 19.3 Å². The number of benzene rings is 2. The van der Waals surface area contributed by atoms with Crippen molar-refractivity contribution in [3.05, 3.63) is 58.1 Å². The van der Waals surface area contributed by atoms with Gasteiger partial charge in [0, 0.05) is 48.0 Å². The zero-order valence-electron chi connectivity index (χ0n) is 18.3. The molecule has 0 aromatic heterocycles. The molecule has 1 saturated heterocycles. The minimum Gasteiger partial charge on any atom is -0.494 e. The zero-order valence-corrected chi connectivity index (χ0v) is 19.0. The minimum absolute atomic E-state index is 0.0475. The summed E-state index contributed by atoms with van der Waals surface area (Å²) in [6, 6.07) is 11.6. The Hall–Kier alpha value is -2.24. The summed E-state index contributed by atoms with van der Waals surface area (Å²) in [5.74, 6) is 0.822. The van der Waals surface area contributed by atoms with Crippen LogP contribution in [0, 0.1) is 6.92 Å². The van der Waals surface area contributed by atoms with E-state index in [1.165, 1.54) is 5.56 Å². The first-order valence-electron chi connectivity index (χ1n) is 10.6. The number of ether oxygens (including phenoxy) is 2. The Labute approximate surface area is 184 Å². The average Bonchev–Trinajstić information content (AvgIpc) is 2.74. The van der Waals surface area contributed by atoms with Crippen LogP contribution in [-0.4, -0.2) is 49.7 Å². The van der Waals surface area contributed by atoms with Crippen molar-refractivity contribution in [2.45, 2.75) is 40.4 Å². The van der Waals surface area contributed by atoms with E-state index in [-0.39, 0.29) is 12.0 Å². The van der Waals surface area contributed by atoms with E-state index in [1.807, 2.05) is 62.1 Å². The Kier molecular flexibility index (Phi) is 7.62. The molecule has 0 N–H and O–H groups in total. The molecule has 0 radical (unpaired) electrons. The summed E-state index contributed by atoms with van der Waals surface area (Å²) < 4.78 is 11.5. The van der Waals surface area contributed by atoms with Crippen molar-refractivity contribution in [3.8, 4) is 5.75 Å². The topological polar surface area (TPSA) is 42.0 Å². The number of nitrogens with zero attached hydrogens (tertiary/aromatic N) is 2. The summed E-state index contributed by atoms with van der Waals surface area (Å²) in [5.41, 5.74) is 3.92. The highest BCUT2D eigenvalue weighted by Gasteiger charge is 2.24. The first kappa shape index (κ1) is 22.4. The molecule has 0 atom stereocenters. The van der Waals surface area contributed by atoms with Crippen LogP contribution in [0.1, 0.15) is 42.3 Å². The first-order valence-corrected chi connectivity index (χ1v) is 10.9. The van der Waals surface area contributed by atoms with E-state index in [2.05, 4.69) is 11.8 Å². The summed E-state index contributed by atoms with van der Waals surface area (Å²) >= 11 is 6.18. The van der Waals surface area contributed by atoms with Crippen molar-refractivity contribution in [1.82, 2.24) is 4.90 Å². The van der Waals surface area contributed by atoms with E-state index in [4.69, 9.17) is 21.1 Å². The van der Waals surface area contributed by atoms with E-state index < -0.39 is 0 Å². The van der Waals surface area contributed by atoms with Gasteiger partial charge in [-0.05, 0) is 63.6 Å². The highest BCUT2D eigenvalue weighted by atomic mass is 35.5. The minimum atomic E-state index is 0.0475. The highest BCUT2D eigenvalue weighted by molar-refractivity contribution is 6.30. The van der Waals surface area contributed by atoms with Gasteiger partial charge in [-0.25, -0.2) is 0 Å².